The van der Waals surface area contributed by atoms with Crippen molar-refractivity contribution in [1.29, 1.82) is 0 Å². The summed E-state index contributed by atoms with van der Waals surface area (Å²) in [5, 5.41) is 0. The highest BCUT2D eigenvalue weighted by molar-refractivity contribution is 9.10. The van der Waals surface area contributed by atoms with E-state index in [1.807, 2.05) is 0 Å². The lowest BCUT2D eigenvalue weighted by Crippen LogP contribution is -2.40. The Bertz CT molecular complexity index is 562. The molecular formula is C12H17BrN2O3S. The number of rotatable bonds is 4. The third-order valence-corrected chi connectivity index (χ3v) is 5.77. The Labute approximate surface area is 121 Å². The van der Waals surface area contributed by atoms with Crippen molar-refractivity contribution in [3.63, 3.8) is 0 Å². The molecule has 0 saturated heterocycles. The van der Waals surface area contributed by atoms with E-state index in [-0.39, 0.29) is 17.0 Å². The first-order chi connectivity index (χ1) is 8.94. The standard InChI is InChI=1S/C12H17BrN2O3S/c1-18-11-4-2-3-10(11)15-19(16,17)12-6-5-8(14)7-9(12)13/h5-7,10-11,15H,2-4,14H2,1H3. The van der Waals surface area contributed by atoms with Gasteiger partial charge in [-0.1, -0.05) is 0 Å². The Hall–Kier alpha value is -0.630. The largest absolute Gasteiger partial charge is 0.399 e. The number of hydrogen-bond acceptors (Lipinski definition) is 4. The second kappa shape index (κ2) is 5.78. The van der Waals surface area contributed by atoms with E-state index < -0.39 is 10.0 Å². The van der Waals surface area contributed by atoms with Crippen LogP contribution in [0.1, 0.15) is 19.3 Å². The van der Waals surface area contributed by atoms with Crippen LogP contribution in [0.5, 0.6) is 0 Å². The molecule has 0 bridgehead atoms. The molecule has 2 rings (SSSR count). The molecule has 1 aliphatic carbocycles. The van der Waals surface area contributed by atoms with Crippen LogP contribution in [0.15, 0.2) is 27.6 Å². The zero-order chi connectivity index (χ0) is 14.0. The molecule has 0 spiro atoms. The van der Waals surface area contributed by atoms with E-state index in [2.05, 4.69) is 20.7 Å². The highest BCUT2D eigenvalue weighted by Gasteiger charge is 2.31. The summed E-state index contributed by atoms with van der Waals surface area (Å²) in [5.41, 5.74) is 6.13. The Morgan fingerprint density at radius 2 is 2.16 bits per heavy atom. The fraction of sp³-hybridized carbons (Fsp3) is 0.500. The van der Waals surface area contributed by atoms with Crippen LogP contribution in [0.3, 0.4) is 0 Å². The zero-order valence-corrected chi connectivity index (χ0v) is 13.0. The molecule has 0 radical (unpaired) electrons. The number of nitrogens with two attached hydrogens (primary N) is 1. The van der Waals surface area contributed by atoms with Gasteiger partial charge in [0.15, 0.2) is 0 Å². The fourth-order valence-electron chi connectivity index (χ4n) is 2.34. The van der Waals surface area contributed by atoms with Crippen LogP contribution < -0.4 is 10.5 Å². The van der Waals surface area contributed by atoms with Crippen LogP contribution in [0.4, 0.5) is 5.69 Å². The molecule has 7 heteroatoms. The van der Waals surface area contributed by atoms with Gasteiger partial charge in [0.2, 0.25) is 10.0 Å². The van der Waals surface area contributed by atoms with Gasteiger partial charge in [-0.15, -0.1) is 0 Å². The number of anilines is 1. The van der Waals surface area contributed by atoms with Crippen molar-refractivity contribution in [2.45, 2.75) is 36.3 Å². The first-order valence-corrected chi connectivity index (χ1v) is 8.32. The van der Waals surface area contributed by atoms with Crippen molar-refractivity contribution in [3.8, 4) is 0 Å². The Morgan fingerprint density at radius 3 is 2.79 bits per heavy atom. The number of nitrogens with one attached hydrogen (secondary N) is 1. The highest BCUT2D eigenvalue weighted by atomic mass is 79.9. The van der Waals surface area contributed by atoms with Gasteiger partial charge in [-0.2, -0.15) is 0 Å². The summed E-state index contributed by atoms with van der Waals surface area (Å²) in [7, 11) is -1.96. The molecule has 2 atom stereocenters. The lowest BCUT2D eigenvalue weighted by Gasteiger charge is -2.20. The number of halogens is 1. The number of benzene rings is 1. The maximum atomic E-state index is 12.3. The van der Waals surface area contributed by atoms with Gasteiger partial charge in [0, 0.05) is 23.3 Å². The van der Waals surface area contributed by atoms with E-state index in [1.165, 1.54) is 6.07 Å². The maximum Gasteiger partial charge on any atom is 0.242 e. The molecule has 19 heavy (non-hydrogen) atoms. The smallest absolute Gasteiger partial charge is 0.242 e. The van der Waals surface area contributed by atoms with Crippen molar-refractivity contribution in [3.05, 3.63) is 22.7 Å². The molecule has 0 aliphatic heterocycles. The van der Waals surface area contributed by atoms with Gasteiger partial charge in [0.1, 0.15) is 0 Å². The average Bonchev–Trinajstić information content (AvgIpc) is 2.74. The summed E-state index contributed by atoms with van der Waals surface area (Å²) in [4.78, 5) is 0.198. The average molecular weight is 349 g/mol. The van der Waals surface area contributed by atoms with Gasteiger partial charge < -0.3 is 10.5 Å². The summed E-state index contributed by atoms with van der Waals surface area (Å²) >= 11 is 3.23. The third kappa shape index (κ3) is 3.28. The number of methoxy groups -OCH3 is 1. The summed E-state index contributed by atoms with van der Waals surface area (Å²) < 4.78 is 33.2. The van der Waals surface area contributed by atoms with Crippen molar-refractivity contribution in [2.24, 2.45) is 0 Å². The summed E-state index contributed by atoms with van der Waals surface area (Å²) in [5.74, 6) is 0. The van der Waals surface area contributed by atoms with E-state index in [9.17, 15) is 8.42 Å². The van der Waals surface area contributed by atoms with Crippen LogP contribution >= 0.6 is 15.9 Å². The minimum Gasteiger partial charge on any atom is -0.399 e. The molecule has 1 aromatic rings. The third-order valence-electron chi connectivity index (χ3n) is 3.31. The molecular weight excluding hydrogens is 332 g/mol. The molecule has 106 valence electrons. The van der Waals surface area contributed by atoms with Gasteiger partial charge in [0.05, 0.1) is 11.0 Å². The van der Waals surface area contributed by atoms with Crippen molar-refractivity contribution >= 4 is 31.6 Å². The molecule has 1 aromatic carbocycles. The van der Waals surface area contributed by atoms with Gasteiger partial charge in [-0.3, -0.25) is 0 Å². The van der Waals surface area contributed by atoms with Gasteiger partial charge in [-0.25, -0.2) is 13.1 Å². The topological polar surface area (TPSA) is 81.4 Å². The highest BCUT2D eigenvalue weighted by Crippen LogP contribution is 2.27. The first-order valence-electron chi connectivity index (χ1n) is 6.04. The number of ether oxygens (including phenoxy) is 1. The van der Waals surface area contributed by atoms with E-state index in [4.69, 9.17) is 10.5 Å². The Morgan fingerprint density at radius 1 is 1.42 bits per heavy atom. The maximum absolute atomic E-state index is 12.3. The van der Waals surface area contributed by atoms with Crippen LogP contribution in [-0.4, -0.2) is 27.7 Å². The van der Waals surface area contributed by atoms with Crippen LogP contribution in [0, 0.1) is 0 Å². The Kier molecular flexibility index (Phi) is 4.50. The second-order valence-electron chi connectivity index (χ2n) is 4.62. The molecule has 1 aliphatic rings. The SMILES string of the molecule is COC1CCCC1NS(=O)(=O)c1ccc(N)cc1Br. The second-order valence-corrected chi connectivity index (χ2v) is 7.16. The molecule has 3 N–H and O–H groups in total. The first kappa shape index (κ1) is 14.8. The molecule has 0 aromatic heterocycles. The quantitative estimate of drug-likeness (QED) is 0.814. The van der Waals surface area contributed by atoms with Crippen molar-refractivity contribution in [1.82, 2.24) is 4.72 Å². The lowest BCUT2D eigenvalue weighted by atomic mass is 10.2. The summed E-state index contributed by atoms with van der Waals surface area (Å²) in [6, 6.07) is 4.48. The van der Waals surface area contributed by atoms with E-state index in [0.717, 1.165) is 19.3 Å². The summed E-state index contributed by atoms with van der Waals surface area (Å²) in [6.07, 6.45) is 2.59. The lowest BCUT2D eigenvalue weighted by molar-refractivity contribution is 0.0916. The molecule has 5 nitrogen and oxygen atoms in total. The van der Waals surface area contributed by atoms with E-state index >= 15 is 0 Å². The minimum atomic E-state index is -3.57. The predicted octanol–water partition coefficient (Wildman–Crippen LogP) is 1.88. The van der Waals surface area contributed by atoms with Crippen LogP contribution in [0.2, 0.25) is 0 Å². The number of nitrogen functional groups attached to an aromatic ring is 1. The monoisotopic (exact) mass is 348 g/mol. The van der Waals surface area contributed by atoms with Gasteiger partial charge in [-0.05, 0) is 53.4 Å². The fourth-order valence-corrected chi connectivity index (χ4v) is 4.73. The summed E-state index contributed by atoms with van der Waals surface area (Å²) in [6.45, 7) is 0. The molecule has 1 fully saturated rings. The van der Waals surface area contributed by atoms with Crippen LogP contribution in [-0.2, 0) is 14.8 Å². The number of sulfonamides is 1. The van der Waals surface area contributed by atoms with Crippen molar-refractivity contribution in [2.75, 3.05) is 12.8 Å². The van der Waals surface area contributed by atoms with Gasteiger partial charge in [0.25, 0.3) is 0 Å². The molecule has 0 amide bonds. The van der Waals surface area contributed by atoms with E-state index in [1.54, 1.807) is 19.2 Å². The molecule has 0 heterocycles. The van der Waals surface area contributed by atoms with Crippen molar-refractivity contribution < 1.29 is 13.2 Å². The normalized spacial score (nSPS) is 23.7. The number of hydrogen-bond donors (Lipinski definition) is 2. The minimum absolute atomic E-state index is 0.0534. The van der Waals surface area contributed by atoms with Gasteiger partial charge >= 0.3 is 0 Å². The van der Waals surface area contributed by atoms with E-state index in [0.29, 0.717) is 10.2 Å². The molecule has 2 unspecified atom stereocenters. The zero-order valence-electron chi connectivity index (χ0n) is 10.6. The molecule has 1 saturated carbocycles. The predicted molar refractivity (Wildman–Crippen MR) is 77.3 cm³/mol. The van der Waals surface area contributed by atoms with Crippen LogP contribution in [0.25, 0.3) is 0 Å². The Balaban J connectivity index is 2.23.